The third-order valence-electron chi connectivity index (χ3n) is 2.59. The summed E-state index contributed by atoms with van der Waals surface area (Å²) >= 11 is 5.80. The lowest BCUT2D eigenvalue weighted by atomic mass is 10.0. The van der Waals surface area contributed by atoms with Gasteiger partial charge >= 0.3 is 0 Å². The second-order valence-corrected chi connectivity index (χ2v) is 4.96. The smallest absolute Gasteiger partial charge is 0.193 e. The van der Waals surface area contributed by atoms with E-state index >= 15 is 0 Å². The SMILES string of the molecule is CC(C)Oc1ccc(C(=O)c2ccc(Cl)cc2)cc1. The molecule has 2 rings (SSSR count). The zero-order valence-electron chi connectivity index (χ0n) is 10.9. The molecule has 0 spiro atoms. The predicted octanol–water partition coefficient (Wildman–Crippen LogP) is 4.36. The van der Waals surface area contributed by atoms with Crippen LogP contribution >= 0.6 is 11.6 Å². The van der Waals surface area contributed by atoms with Crippen LogP contribution in [0.5, 0.6) is 5.75 Å². The van der Waals surface area contributed by atoms with Crippen molar-refractivity contribution < 1.29 is 9.53 Å². The number of halogens is 1. The van der Waals surface area contributed by atoms with E-state index in [1.165, 1.54) is 0 Å². The standard InChI is InChI=1S/C16H15ClO2/c1-11(2)19-15-9-5-13(6-10-15)16(18)12-3-7-14(17)8-4-12/h3-11H,1-2H3. The summed E-state index contributed by atoms with van der Waals surface area (Å²) in [5, 5.41) is 0.622. The van der Waals surface area contributed by atoms with E-state index in [-0.39, 0.29) is 11.9 Å². The molecule has 0 saturated carbocycles. The lowest BCUT2D eigenvalue weighted by Crippen LogP contribution is -2.06. The van der Waals surface area contributed by atoms with E-state index in [4.69, 9.17) is 16.3 Å². The van der Waals surface area contributed by atoms with Crippen LogP contribution in [0.4, 0.5) is 0 Å². The van der Waals surface area contributed by atoms with Crippen molar-refractivity contribution in [3.63, 3.8) is 0 Å². The van der Waals surface area contributed by atoms with Crippen molar-refractivity contribution >= 4 is 17.4 Å². The Kier molecular flexibility index (Phi) is 4.23. The normalized spacial score (nSPS) is 10.5. The van der Waals surface area contributed by atoms with Crippen LogP contribution in [0.3, 0.4) is 0 Å². The van der Waals surface area contributed by atoms with Gasteiger partial charge in [-0.05, 0) is 62.4 Å². The minimum Gasteiger partial charge on any atom is -0.491 e. The van der Waals surface area contributed by atoms with Crippen molar-refractivity contribution in [2.45, 2.75) is 20.0 Å². The van der Waals surface area contributed by atoms with E-state index in [1.54, 1.807) is 36.4 Å². The third kappa shape index (κ3) is 3.58. The van der Waals surface area contributed by atoms with Crippen molar-refractivity contribution in [1.82, 2.24) is 0 Å². The Morgan fingerprint density at radius 3 is 1.89 bits per heavy atom. The minimum atomic E-state index is -0.0206. The molecule has 2 aromatic rings. The Labute approximate surface area is 118 Å². The molecule has 3 heteroatoms. The molecule has 0 heterocycles. The molecule has 19 heavy (non-hydrogen) atoms. The van der Waals surface area contributed by atoms with Gasteiger partial charge in [-0.2, -0.15) is 0 Å². The fourth-order valence-corrected chi connectivity index (χ4v) is 1.85. The minimum absolute atomic E-state index is 0.0206. The van der Waals surface area contributed by atoms with Crippen LogP contribution in [0.2, 0.25) is 5.02 Å². The Morgan fingerprint density at radius 2 is 1.42 bits per heavy atom. The van der Waals surface area contributed by atoms with Gasteiger partial charge in [0.1, 0.15) is 5.75 Å². The number of carbonyl (C=O) groups excluding carboxylic acids is 1. The first-order valence-electron chi connectivity index (χ1n) is 6.13. The van der Waals surface area contributed by atoms with Gasteiger partial charge < -0.3 is 4.74 Å². The van der Waals surface area contributed by atoms with Crippen LogP contribution in [-0.2, 0) is 0 Å². The van der Waals surface area contributed by atoms with Crippen molar-refractivity contribution in [2.75, 3.05) is 0 Å². The van der Waals surface area contributed by atoms with Crippen LogP contribution in [0.15, 0.2) is 48.5 Å². The number of benzene rings is 2. The Balaban J connectivity index is 2.17. The van der Waals surface area contributed by atoms with Crippen LogP contribution < -0.4 is 4.74 Å². The Morgan fingerprint density at radius 1 is 0.947 bits per heavy atom. The van der Waals surface area contributed by atoms with Crippen molar-refractivity contribution in [1.29, 1.82) is 0 Å². The topological polar surface area (TPSA) is 26.3 Å². The maximum absolute atomic E-state index is 12.2. The number of hydrogen-bond donors (Lipinski definition) is 0. The molecule has 0 saturated heterocycles. The van der Waals surface area contributed by atoms with E-state index < -0.39 is 0 Å². The average molecular weight is 275 g/mol. The second-order valence-electron chi connectivity index (χ2n) is 4.53. The molecule has 0 atom stereocenters. The molecular formula is C16H15ClO2. The zero-order chi connectivity index (χ0) is 13.8. The summed E-state index contributed by atoms with van der Waals surface area (Å²) in [6.45, 7) is 3.93. The number of ether oxygens (including phenoxy) is 1. The molecule has 0 bridgehead atoms. The molecule has 2 nitrogen and oxygen atoms in total. The number of rotatable bonds is 4. The lowest BCUT2D eigenvalue weighted by molar-refractivity contribution is 0.103. The summed E-state index contributed by atoms with van der Waals surface area (Å²) in [5.41, 5.74) is 1.26. The number of carbonyl (C=O) groups is 1. The summed E-state index contributed by atoms with van der Waals surface area (Å²) in [6, 6.07) is 14.0. The van der Waals surface area contributed by atoms with Crippen molar-refractivity contribution in [3.05, 3.63) is 64.7 Å². The second kappa shape index (κ2) is 5.89. The Bertz CT molecular complexity index is 556. The average Bonchev–Trinajstić information content (AvgIpc) is 2.39. The van der Waals surface area contributed by atoms with Crippen molar-refractivity contribution in [2.24, 2.45) is 0 Å². The Hall–Kier alpha value is -1.80. The highest BCUT2D eigenvalue weighted by molar-refractivity contribution is 6.30. The first-order chi connectivity index (χ1) is 9.06. The van der Waals surface area contributed by atoms with Gasteiger partial charge in [0, 0.05) is 16.1 Å². The molecule has 2 aromatic carbocycles. The summed E-state index contributed by atoms with van der Waals surface area (Å²) in [6.07, 6.45) is 0.123. The fourth-order valence-electron chi connectivity index (χ4n) is 1.72. The van der Waals surface area contributed by atoms with Gasteiger partial charge in [0.25, 0.3) is 0 Å². The van der Waals surface area contributed by atoms with Gasteiger partial charge in [0.2, 0.25) is 0 Å². The molecule has 0 aliphatic rings. The van der Waals surface area contributed by atoms with E-state index in [1.807, 2.05) is 26.0 Å². The third-order valence-corrected chi connectivity index (χ3v) is 2.85. The van der Waals surface area contributed by atoms with Gasteiger partial charge in [-0.3, -0.25) is 4.79 Å². The zero-order valence-corrected chi connectivity index (χ0v) is 11.6. The first kappa shape index (κ1) is 13.6. The summed E-state index contributed by atoms with van der Waals surface area (Å²) in [4.78, 5) is 12.2. The molecular weight excluding hydrogens is 260 g/mol. The van der Waals surface area contributed by atoms with E-state index in [0.29, 0.717) is 16.1 Å². The van der Waals surface area contributed by atoms with Gasteiger partial charge in [-0.1, -0.05) is 11.6 Å². The first-order valence-corrected chi connectivity index (χ1v) is 6.51. The maximum Gasteiger partial charge on any atom is 0.193 e. The van der Waals surface area contributed by atoms with Gasteiger partial charge in [-0.25, -0.2) is 0 Å². The molecule has 0 aliphatic heterocycles. The number of hydrogen-bond acceptors (Lipinski definition) is 2. The molecule has 0 amide bonds. The van der Waals surface area contributed by atoms with Crippen LogP contribution in [0.25, 0.3) is 0 Å². The van der Waals surface area contributed by atoms with Gasteiger partial charge in [-0.15, -0.1) is 0 Å². The summed E-state index contributed by atoms with van der Waals surface area (Å²) < 4.78 is 5.54. The van der Waals surface area contributed by atoms with Crippen LogP contribution in [0.1, 0.15) is 29.8 Å². The molecule has 0 aliphatic carbocycles. The highest BCUT2D eigenvalue weighted by atomic mass is 35.5. The maximum atomic E-state index is 12.2. The van der Waals surface area contributed by atoms with Gasteiger partial charge in [0.15, 0.2) is 5.78 Å². The predicted molar refractivity (Wildman–Crippen MR) is 77.1 cm³/mol. The largest absolute Gasteiger partial charge is 0.491 e. The van der Waals surface area contributed by atoms with Crippen LogP contribution in [0, 0.1) is 0 Å². The molecule has 0 radical (unpaired) electrons. The molecule has 0 N–H and O–H groups in total. The fraction of sp³-hybridized carbons (Fsp3) is 0.188. The van der Waals surface area contributed by atoms with Crippen molar-refractivity contribution in [3.8, 4) is 5.75 Å². The van der Waals surface area contributed by atoms with E-state index in [9.17, 15) is 4.79 Å². The summed E-state index contributed by atoms with van der Waals surface area (Å²) in [7, 11) is 0. The van der Waals surface area contributed by atoms with Crippen LogP contribution in [-0.4, -0.2) is 11.9 Å². The van der Waals surface area contributed by atoms with E-state index in [0.717, 1.165) is 5.75 Å². The van der Waals surface area contributed by atoms with Gasteiger partial charge in [0.05, 0.1) is 6.10 Å². The molecule has 0 aromatic heterocycles. The lowest BCUT2D eigenvalue weighted by Gasteiger charge is -2.09. The highest BCUT2D eigenvalue weighted by Gasteiger charge is 2.09. The molecule has 0 fully saturated rings. The summed E-state index contributed by atoms with van der Waals surface area (Å²) in [5.74, 6) is 0.746. The van der Waals surface area contributed by atoms with E-state index in [2.05, 4.69) is 0 Å². The number of ketones is 1. The highest BCUT2D eigenvalue weighted by Crippen LogP contribution is 2.17. The molecule has 0 unspecified atom stereocenters. The quantitative estimate of drug-likeness (QED) is 0.775. The monoisotopic (exact) mass is 274 g/mol. The molecule has 98 valence electrons.